The van der Waals surface area contributed by atoms with E-state index in [2.05, 4.69) is 15.0 Å². The van der Waals surface area contributed by atoms with Crippen LogP contribution in [-0.2, 0) is 4.74 Å². The molecule has 0 atom stereocenters. The lowest BCUT2D eigenvalue weighted by Gasteiger charge is -2.22. The fourth-order valence-corrected chi connectivity index (χ4v) is 2.63. The van der Waals surface area contributed by atoms with Crippen molar-refractivity contribution >= 4 is 17.6 Å². The van der Waals surface area contributed by atoms with Crippen LogP contribution in [0.25, 0.3) is 5.65 Å². The number of hydrogen-bond donors (Lipinski definition) is 0. The van der Waals surface area contributed by atoms with Gasteiger partial charge < -0.3 is 14.5 Å². The number of carbonyl (C=O) groups excluding carboxylic acids is 1. The first-order valence-corrected chi connectivity index (χ1v) is 8.10. The first kappa shape index (κ1) is 15.6. The Labute approximate surface area is 135 Å². The molecule has 23 heavy (non-hydrogen) atoms. The third-order valence-corrected chi connectivity index (χ3v) is 3.86. The van der Waals surface area contributed by atoms with Gasteiger partial charge in [0.2, 0.25) is 0 Å². The van der Waals surface area contributed by atoms with Gasteiger partial charge in [0.25, 0.3) is 0 Å². The molecule has 2 aromatic heterocycles. The molecule has 1 aliphatic heterocycles. The van der Waals surface area contributed by atoms with Gasteiger partial charge >= 0.3 is 6.09 Å². The van der Waals surface area contributed by atoms with Crippen molar-refractivity contribution in [3.05, 3.63) is 24.5 Å². The molecule has 0 spiro atoms. The van der Waals surface area contributed by atoms with Crippen LogP contribution in [0.15, 0.2) is 24.5 Å². The van der Waals surface area contributed by atoms with E-state index in [1.807, 2.05) is 32.2 Å². The summed E-state index contributed by atoms with van der Waals surface area (Å²) in [5.41, 5.74) is 0.836. The maximum atomic E-state index is 12.1. The van der Waals surface area contributed by atoms with Crippen molar-refractivity contribution in [3.8, 4) is 0 Å². The van der Waals surface area contributed by atoms with Gasteiger partial charge in [-0.05, 0) is 24.5 Å². The standard InChI is InChI=1S/C16H23N5O2/c1-13(2)12-23-16(22)20-8-3-7-19(10-11-20)15-5-4-14-17-6-9-21(14)18-15/h4-6,9,13H,3,7-8,10-12H2,1-2H3. The number of ether oxygens (including phenoxy) is 1. The second-order valence-electron chi connectivity index (χ2n) is 6.22. The highest BCUT2D eigenvalue weighted by molar-refractivity contribution is 5.67. The van der Waals surface area contributed by atoms with E-state index in [9.17, 15) is 4.79 Å². The van der Waals surface area contributed by atoms with Crippen LogP contribution in [0.5, 0.6) is 0 Å². The van der Waals surface area contributed by atoms with Crippen LogP contribution in [0, 0.1) is 5.92 Å². The molecule has 0 radical (unpaired) electrons. The third kappa shape index (κ3) is 3.72. The highest BCUT2D eigenvalue weighted by Crippen LogP contribution is 2.15. The summed E-state index contributed by atoms with van der Waals surface area (Å²) < 4.78 is 7.10. The highest BCUT2D eigenvalue weighted by Gasteiger charge is 2.21. The topological polar surface area (TPSA) is 63.0 Å². The molecule has 0 aromatic carbocycles. The Morgan fingerprint density at radius 2 is 2.13 bits per heavy atom. The molecule has 3 rings (SSSR count). The van der Waals surface area contributed by atoms with Crippen LogP contribution in [0.1, 0.15) is 20.3 Å². The number of imidazole rings is 1. The van der Waals surface area contributed by atoms with Crippen molar-refractivity contribution in [2.45, 2.75) is 20.3 Å². The number of carbonyl (C=O) groups is 1. The maximum absolute atomic E-state index is 12.1. The van der Waals surface area contributed by atoms with Crippen molar-refractivity contribution < 1.29 is 9.53 Å². The molecule has 0 saturated carbocycles. The summed E-state index contributed by atoms with van der Waals surface area (Å²) in [7, 11) is 0. The number of anilines is 1. The summed E-state index contributed by atoms with van der Waals surface area (Å²) >= 11 is 0. The second kappa shape index (κ2) is 6.85. The number of fused-ring (bicyclic) bond motifs is 1. The molecular formula is C16H23N5O2. The molecule has 1 amide bonds. The normalized spacial score (nSPS) is 16.0. The van der Waals surface area contributed by atoms with Gasteiger partial charge in [-0.3, -0.25) is 0 Å². The SMILES string of the molecule is CC(C)COC(=O)N1CCCN(c2ccc3nccn3n2)CC1. The van der Waals surface area contributed by atoms with Crippen LogP contribution >= 0.6 is 0 Å². The van der Waals surface area contributed by atoms with Crippen LogP contribution in [0.4, 0.5) is 10.6 Å². The van der Waals surface area contributed by atoms with Gasteiger partial charge in [-0.2, -0.15) is 0 Å². The summed E-state index contributed by atoms with van der Waals surface area (Å²) in [6, 6.07) is 3.94. The van der Waals surface area contributed by atoms with E-state index in [0.29, 0.717) is 19.1 Å². The lowest BCUT2D eigenvalue weighted by Crippen LogP contribution is -2.36. The minimum absolute atomic E-state index is 0.210. The average Bonchev–Trinajstić information content (AvgIpc) is 2.87. The summed E-state index contributed by atoms with van der Waals surface area (Å²) in [6.45, 7) is 7.55. The zero-order valence-electron chi connectivity index (χ0n) is 13.7. The summed E-state index contributed by atoms with van der Waals surface area (Å²) in [4.78, 5) is 20.3. The van der Waals surface area contributed by atoms with E-state index in [1.54, 1.807) is 15.6 Å². The van der Waals surface area contributed by atoms with Gasteiger partial charge in [0.05, 0.1) is 6.61 Å². The Balaban J connectivity index is 1.62. The molecular weight excluding hydrogens is 294 g/mol. The summed E-state index contributed by atoms with van der Waals surface area (Å²) in [5, 5.41) is 4.58. The molecule has 124 valence electrons. The molecule has 1 fully saturated rings. The number of nitrogens with zero attached hydrogens (tertiary/aromatic N) is 5. The fraction of sp³-hybridized carbons (Fsp3) is 0.562. The molecule has 2 aromatic rings. The van der Waals surface area contributed by atoms with Crippen LogP contribution < -0.4 is 4.90 Å². The molecule has 1 saturated heterocycles. The number of hydrogen-bond acceptors (Lipinski definition) is 5. The zero-order valence-corrected chi connectivity index (χ0v) is 13.7. The molecule has 3 heterocycles. The van der Waals surface area contributed by atoms with E-state index in [0.717, 1.165) is 37.5 Å². The smallest absolute Gasteiger partial charge is 0.409 e. The largest absolute Gasteiger partial charge is 0.449 e. The molecule has 0 unspecified atom stereocenters. The minimum atomic E-state index is -0.210. The molecule has 7 heteroatoms. The fourth-order valence-electron chi connectivity index (χ4n) is 2.63. The van der Waals surface area contributed by atoms with Gasteiger partial charge in [-0.15, -0.1) is 5.10 Å². The number of aromatic nitrogens is 3. The Morgan fingerprint density at radius 1 is 1.26 bits per heavy atom. The van der Waals surface area contributed by atoms with Gasteiger partial charge in [0, 0.05) is 38.6 Å². The van der Waals surface area contributed by atoms with E-state index in [1.165, 1.54) is 0 Å². The first-order valence-electron chi connectivity index (χ1n) is 8.10. The lowest BCUT2D eigenvalue weighted by molar-refractivity contribution is 0.0943. The van der Waals surface area contributed by atoms with Crippen molar-refractivity contribution in [2.75, 3.05) is 37.7 Å². The van der Waals surface area contributed by atoms with Gasteiger partial charge in [-0.1, -0.05) is 13.8 Å². The predicted octanol–water partition coefficient (Wildman–Crippen LogP) is 2.03. The lowest BCUT2D eigenvalue weighted by atomic mass is 10.2. The predicted molar refractivity (Wildman–Crippen MR) is 87.6 cm³/mol. The van der Waals surface area contributed by atoms with Crippen molar-refractivity contribution in [1.82, 2.24) is 19.5 Å². The van der Waals surface area contributed by atoms with Gasteiger partial charge in [0.15, 0.2) is 5.65 Å². The van der Waals surface area contributed by atoms with Gasteiger partial charge in [-0.25, -0.2) is 14.3 Å². The Bertz CT molecular complexity index is 669. The summed E-state index contributed by atoms with van der Waals surface area (Å²) in [5.74, 6) is 1.27. The number of rotatable bonds is 3. The minimum Gasteiger partial charge on any atom is -0.449 e. The molecule has 0 aliphatic carbocycles. The van der Waals surface area contributed by atoms with Crippen LogP contribution in [-0.4, -0.2) is 58.4 Å². The van der Waals surface area contributed by atoms with E-state index >= 15 is 0 Å². The zero-order chi connectivity index (χ0) is 16.2. The molecule has 0 N–H and O–H groups in total. The summed E-state index contributed by atoms with van der Waals surface area (Å²) in [6.07, 6.45) is 4.27. The molecule has 1 aliphatic rings. The monoisotopic (exact) mass is 317 g/mol. The molecule has 0 bridgehead atoms. The van der Waals surface area contributed by atoms with E-state index in [4.69, 9.17) is 4.74 Å². The first-order chi connectivity index (χ1) is 11.1. The van der Waals surface area contributed by atoms with Crippen molar-refractivity contribution in [2.24, 2.45) is 5.92 Å². The third-order valence-electron chi connectivity index (χ3n) is 3.86. The van der Waals surface area contributed by atoms with Crippen LogP contribution in [0.2, 0.25) is 0 Å². The quantitative estimate of drug-likeness (QED) is 0.867. The maximum Gasteiger partial charge on any atom is 0.409 e. The van der Waals surface area contributed by atoms with E-state index < -0.39 is 0 Å². The number of amides is 1. The average molecular weight is 317 g/mol. The van der Waals surface area contributed by atoms with E-state index in [-0.39, 0.29) is 6.09 Å². The Kier molecular flexibility index (Phi) is 4.64. The Hall–Kier alpha value is -2.31. The van der Waals surface area contributed by atoms with Crippen molar-refractivity contribution in [3.63, 3.8) is 0 Å². The van der Waals surface area contributed by atoms with Gasteiger partial charge in [0.1, 0.15) is 5.82 Å². The van der Waals surface area contributed by atoms with Crippen LogP contribution in [0.3, 0.4) is 0 Å². The van der Waals surface area contributed by atoms with Crippen molar-refractivity contribution in [1.29, 1.82) is 0 Å². The highest BCUT2D eigenvalue weighted by atomic mass is 16.6. The Morgan fingerprint density at radius 3 is 2.96 bits per heavy atom. The second-order valence-corrected chi connectivity index (χ2v) is 6.22. The molecule has 7 nitrogen and oxygen atoms in total.